The summed E-state index contributed by atoms with van der Waals surface area (Å²) in [5, 5.41) is 32.1. The topological polar surface area (TPSA) is 72.3 Å². The van der Waals surface area contributed by atoms with E-state index < -0.39 is 10.9 Å². The number of aromatic nitrogens is 2. The van der Waals surface area contributed by atoms with Gasteiger partial charge in [-0.3, -0.25) is 4.65 Å². The van der Waals surface area contributed by atoms with Crippen molar-refractivity contribution in [1.82, 2.24) is 19.7 Å². The molecule has 1 saturated heterocycles. The molecular weight excluding hydrogens is 264 g/mol. The van der Waals surface area contributed by atoms with Gasteiger partial charge in [0, 0.05) is 13.0 Å². The lowest BCUT2D eigenvalue weighted by molar-refractivity contribution is 0.0843. The standard InChI is InChI=1S/C12H22N4O2S/c1-3-5-6-7-10-13-14-12(19-10)16(18)9-15(4-2)8-11(16)17/h11,17H,3-9H2,1-2H3. The molecule has 0 amide bonds. The maximum atomic E-state index is 12.7. The molecule has 1 aliphatic heterocycles. The normalized spacial score (nSPS) is 28.1. The van der Waals surface area contributed by atoms with Gasteiger partial charge >= 0.3 is 5.13 Å². The first-order valence-corrected chi connectivity index (χ1v) is 7.74. The van der Waals surface area contributed by atoms with Crippen LogP contribution < -0.4 is 4.65 Å². The molecule has 0 radical (unpaired) electrons. The van der Waals surface area contributed by atoms with E-state index in [-0.39, 0.29) is 6.67 Å². The molecule has 1 aliphatic rings. The molecule has 2 atom stereocenters. The van der Waals surface area contributed by atoms with Crippen molar-refractivity contribution in [2.24, 2.45) is 0 Å². The van der Waals surface area contributed by atoms with Crippen LogP contribution in [0.15, 0.2) is 0 Å². The number of rotatable bonds is 6. The monoisotopic (exact) mass is 286 g/mol. The molecule has 108 valence electrons. The number of hydroxylamine groups is 2. The fourth-order valence-corrected chi connectivity index (χ4v) is 3.21. The smallest absolute Gasteiger partial charge is 0.309 e. The van der Waals surface area contributed by atoms with E-state index in [4.69, 9.17) is 0 Å². The summed E-state index contributed by atoms with van der Waals surface area (Å²) in [5.74, 6) is 0. The molecule has 0 aliphatic carbocycles. The Morgan fingerprint density at radius 1 is 1.42 bits per heavy atom. The van der Waals surface area contributed by atoms with Crippen LogP contribution in [0.5, 0.6) is 0 Å². The highest BCUT2D eigenvalue weighted by molar-refractivity contribution is 7.15. The molecular formula is C12H22N4O2S. The van der Waals surface area contributed by atoms with Crippen molar-refractivity contribution in [3.05, 3.63) is 10.2 Å². The number of hydrogen-bond donors (Lipinski definition) is 1. The number of hydrogen-bond acceptors (Lipinski definition) is 6. The van der Waals surface area contributed by atoms with Crippen LogP contribution in [0.1, 0.15) is 38.1 Å². The zero-order valence-corrected chi connectivity index (χ0v) is 12.4. The lowest BCUT2D eigenvalue weighted by Crippen LogP contribution is -2.48. The van der Waals surface area contributed by atoms with Crippen molar-refractivity contribution in [1.29, 1.82) is 0 Å². The molecule has 6 nitrogen and oxygen atoms in total. The number of likely N-dealkylation sites (N-methyl/N-ethyl adjacent to an activating group) is 1. The van der Waals surface area contributed by atoms with E-state index in [9.17, 15) is 10.3 Å². The molecule has 1 fully saturated rings. The molecule has 7 heteroatoms. The predicted octanol–water partition coefficient (Wildman–Crippen LogP) is 1.69. The van der Waals surface area contributed by atoms with E-state index >= 15 is 0 Å². The Labute approximate surface area is 117 Å². The molecule has 0 saturated carbocycles. The maximum Gasteiger partial charge on any atom is 0.309 e. The van der Waals surface area contributed by atoms with Crippen LogP contribution in [0.25, 0.3) is 0 Å². The minimum absolute atomic E-state index is 0.265. The lowest BCUT2D eigenvalue weighted by atomic mass is 10.2. The van der Waals surface area contributed by atoms with Crippen molar-refractivity contribution in [3.8, 4) is 0 Å². The third-order valence-electron chi connectivity index (χ3n) is 3.53. The van der Waals surface area contributed by atoms with Crippen LogP contribution in [-0.2, 0) is 6.42 Å². The quantitative estimate of drug-likeness (QED) is 0.489. The highest BCUT2D eigenvalue weighted by Gasteiger charge is 2.42. The second-order valence-electron chi connectivity index (χ2n) is 5.02. The van der Waals surface area contributed by atoms with Gasteiger partial charge < -0.3 is 10.3 Å². The Bertz CT molecular complexity index is 414. The average molecular weight is 286 g/mol. The number of aliphatic hydroxyl groups excluding tert-OH is 1. The van der Waals surface area contributed by atoms with E-state index in [0.717, 1.165) is 30.8 Å². The number of nitrogens with zero attached hydrogens (tertiary/aromatic N) is 4. The molecule has 1 aromatic heterocycles. The van der Waals surface area contributed by atoms with Crippen LogP contribution in [0.4, 0.5) is 5.13 Å². The van der Waals surface area contributed by atoms with Crippen molar-refractivity contribution in [2.45, 2.75) is 45.8 Å². The molecule has 2 heterocycles. The Morgan fingerprint density at radius 2 is 2.21 bits per heavy atom. The zero-order chi connectivity index (χ0) is 13.9. The van der Waals surface area contributed by atoms with Crippen molar-refractivity contribution >= 4 is 16.5 Å². The van der Waals surface area contributed by atoms with E-state index in [1.807, 2.05) is 11.8 Å². The molecule has 1 aromatic rings. The molecule has 19 heavy (non-hydrogen) atoms. The highest BCUT2D eigenvalue weighted by atomic mass is 32.1. The molecule has 0 bridgehead atoms. The Morgan fingerprint density at radius 3 is 2.84 bits per heavy atom. The SMILES string of the molecule is CCCCCc1nnc([N+]2([O-])CN(CC)CC2O)s1. The van der Waals surface area contributed by atoms with Crippen LogP contribution >= 0.6 is 11.3 Å². The molecule has 1 N–H and O–H groups in total. The summed E-state index contributed by atoms with van der Waals surface area (Å²) < 4.78 is -0.765. The van der Waals surface area contributed by atoms with Gasteiger partial charge in [-0.1, -0.05) is 31.8 Å². The lowest BCUT2D eigenvalue weighted by Gasteiger charge is -2.36. The van der Waals surface area contributed by atoms with Crippen LogP contribution in [0.3, 0.4) is 0 Å². The minimum Gasteiger partial charge on any atom is -0.623 e. The third kappa shape index (κ3) is 3.11. The molecule has 0 aromatic carbocycles. The number of unbranched alkanes of at least 4 members (excludes halogenated alkanes) is 2. The molecule has 0 spiro atoms. The van der Waals surface area contributed by atoms with Gasteiger partial charge in [-0.25, -0.2) is 4.90 Å². The van der Waals surface area contributed by atoms with Gasteiger partial charge in [0.15, 0.2) is 0 Å². The highest BCUT2D eigenvalue weighted by Crippen LogP contribution is 2.32. The zero-order valence-electron chi connectivity index (χ0n) is 11.6. The van der Waals surface area contributed by atoms with E-state index in [0.29, 0.717) is 11.7 Å². The number of aliphatic hydroxyl groups is 1. The van der Waals surface area contributed by atoms with E-state index in [1.165, 1.54) is 17.8 Å². The van der Waals surface area contributed by atoms with E-state index in [2.05, 4.69) is 17.1 Å². The Hall–Kier alpha value is -0.600. The van der Waals surface area contributed by atoms with E-state index in [1.54, 1.807) is 0 Å². The Balaban J connectivity index is 2.05. The fraction of sp³-hybridized carbons (Fsp3) is 0.833. The largest absolute Gasteiger partial charge is 0.623 e. The van der Waals surface area contributed by atoms with Gasteiger partial charge in [0.25, 0.3) is 0 Å². The second kappa shape index (κ2) is 6.23. The van der Waals surface area contributed by atoms with Gasteiger partial charge in [-0.15, -0.1) is 5.10 Å². The van der Waals surface area contributed by atoms with Crippen molar-refractivity contribution in [3.63, 3.8) is 0 Å². The number of aryl methyl sites for hydroxylation is 1. The van der Waals surface area contributed by atoms with Crippen molar-refractivity contribution in [2.75, 3.05) is 19.8 Å². The first-order valence-electron chi connectivity index (χ1n) is 6.92. The van der Waals surface area contributed by atoms with Crippen molar-refractivity contribution < 1.29 is 5.11 Å². The van der Waals surface area contributed by atoms with Gasteiger partial charge in [-0.2, -0.15) is 0 Å². The summed E-state index contributed by atoms with van der Waals surface area (Å²) >= 11 is 1.35. The second-order valence-corrected chi connectivity index (χ2v) is 6.06. The summed E-state index contributed by atoms with van der Waals surface area (Å²) in [7, 11) is 0. The number of β-amino-alcohol motifs (C(OH)–C–C–N with tert-alkyl or cyclic N) is 1. The number of quaternary nitrogens is 1. The predicted molar refractivity (Wildman–Crippen MR) is 76.4 cm³/mol. The Kier molecular flexibility index (Phi) is 4.86. The first-order chi connectivity index (χ1) is 9.10. The fourth-order valence-electron chi connectivity index (χ4n) is 2.25. The van der Waals surface area contributed by atoms with Crippen LogP contribution in [0.2, 0.25) is 0 Å². The molecule has 2 rings (SSSR count). The third-order valence-corrected chi connectivity index (χ3v) is 4.63. The van der Waals surface area contributed by atoms with Crippen LogP contribution in [-0.4, -0.2) is 46.2 Å². The van der Waals surface area contributed by atoms with Gasteiger partial charge in [0.2, 0.25) is 6.23 Å². The summed E-state index contributed by atoms with van der Waals surface area (Å²) in [6, 6.07) is 0. The average Bonchev–Trinajstić information content (AvgIpc) is 2.97. The van der Waals surface area contributed by atoms with Gasteiger partial charge in [-0.05, 0) is 17.8 Å². The van der Waals surface area contributed by atoms with Gasteiger partial charge in [0.05, 0.1) is 6.54 Å². The first kappa shape index (κ1) is 14.8. The molecule has 2 unspecified atom stereocenters. The summed E-state index contributed by atoms with van der Waals surface area (Å²) in [6.45, 7) is 5.58. The van der Waals surface area contributed by atoms with Gasteiger partial charge in [0.1, 0.15) is 11.7 Å². The summed E-state index contributed by atoms with van der Waals surface area (Å²) in [6.07, 6.45) is 3.33. The minimum atomic E-state index is -0.948. The maximum absolute atomic E-state index is 12.7. The van der Waals surface area contributed by atoms with Crippen LogP contribution in [0, 0.1) is 5.21 Å². The summed E-state index contributed by atoms with van der Waals surface area (Å²) in [5.41, 5.74) is 0. The summed E-state index contributed by atoms with van der Waals surface area (Å²) in [4.78, 5) is 1.94.